The van der Waals surface area contributed by atoms with E-state index >= 15 is 0 Å². The molecule has 0 saturated carbocycles. The molecule has 1 aromatic carbocycles. The molecular formula is C13H16N2O4. The Hall–Kier alpha value is -1.95. The van der Waals surface area contributed by atoms with Crippen LogP contribution in [-0.4, -0.2) is 39.5 Å². The third-order valence-corrected chi connectivity index (χ3v) is 3.62. The highest BCUT2D eigenvalue weighted by Crippen LogP contribution is 2.29. The maximum Gasteiger partial charge on any atom is 0.269 e. The van der Waals surface area contributed by atoms with Gasteiger partial charge >= 0.3 is 0 Å². The van der Waals surface area contributed by atoms with Crippen molar-refractivity contribution in [1.29, 1.82) is 0 Å². The highest BCUT2D eigenvalue weighted by molar-refractivity contribution is 5.95. The van der Waals surface area contributed by atoms with Crippen molar-refractivity contribution in [3.05, 3.63) is 39.9 Å². The number of hydrogen-bond acceptors (Lipinski definition) is 4. The number of nitro groups is 1. The van der Waals surface area contributed by atoms with Gasteiger partial charge in [-0.3, -0.25) is 14.9 Å². The number of carbonyl (C=O) groups excluding carboxylic acids is 1. The quantitative estimate of drug-likeness (QED) is 0.661. The summed E-state index contributed by atoms with van der Waals surface area (Å²) in [4.78, 5) is 23.6. The summed E-state index contributed by atoms with van der Waals surface area (Å²) in [6.07, 6.45) is 0. The van der Waals surface area contributed by atoms with E-state index in [-0.39, 0.29) is 17.5 Å². The third kappa shape index (κ3) is 2.44. The summed E-state index contributed by atoms with van der Waals surface area (Å²) < 4.78 is 0. The van der Waals surface area contributed by atoms with Gasteiger partial charge in [-0.05, 0) is 18.1 Å². The van der Waals surface area contributed by atoms with Crippen LogP contribution in [0.1, 0.15) is 24.2 Å². The molecule has 1 saturated heterocycles. The van der Waals surface area contributed by atoms with E-state index < -0.39 is 10.5 Å². The number of β-amino-alcohol motifs (C(OH)–C–C–N with tert-alkyl or cyclic N) is 1. The molecule has 0 radical (unpaired) electrons. The van der Waals surface area contributed by atoms with Crippen molar-refractivity contribution in [2.24, 2.45) is 5.92 Å². The largest absolute Gasteiger partial charge is 0.386 e. The Kier molecular flexibility index (Phi) is 3.28. The summed E-state index contributed by atoms with van der Waals surface area (Å²) in [7, 11) is 0. The van der Waals surface area contributed by atoms with Gasteiger partial charge in [0.2, 0.25) is 0 Å². The molecule has 2 rings (SSSR count). The van der Waals surface area contributed by atoms with Gasteiger partial charge in [-0.1, -0.05) is 13.8 Å². The molecule has 1 heterocycles. The van der Waals surface area contributed by atoms with Crippen molar-refractivity contribution < 1.29 is 14.8 Å². The fourth-order valence-corrected chi connectivity index (χ4v) is 2.03. The lowest BCUT2D eigenvalue weighted by Crippen LogP contribution is -2.65. The van der Waals surface area contributed by atoms with Crippen LogP contribution in [0.25, 0.3) is 0 Å². The number of hydrogen-bond donors (Lipinski definition) is 1. The summed E-state index contributed by atoms with van der Waals surface area (Å²) >= 11 is 0. The Morgan fingerprint density at radius 3 is 2.32 bits per heavy atom. The lowest BCUT2D eigenvalue weighted by molar-refractivity contribution is -0.384. The normalized spacial score (nSPS) is 17.2. The number of nitrogens with zero attached hydrogens (tertiary/aromatic N) is 2. The van der Waals surface area contributed by atoms with Gasteiger partial charge in [-0.25, -0.2) is 0 Å². The zero-order valence-corrected chi connectivity index (χ0v) is 10.9. The minimum absolute atomic E-state index is 0.0427. The van der Waals surface area contributed by atoms with Crippen molar-refractivity contribution in [2.75, 3.05) is 13.1 Å². The van der Waals surface area contributed by atoms with Crippen LogP contribution in [0.2, 0.25) is 0 Å². The van der Waals surface area contributed by atoms with E-state index in [4.69, 9.17) is 0 Å². The van der Waals surface area contributed by atoms with Gasteiger partial charge < -0.3 is 10.0 Å². The first-order chi connectivity index (χ1) is 8.83. The molecule has 1 N–H and O–H groups in total. The molecule has 0 atom stereocenters. The van der Waals surface area contributed by atoms with Crippen LogP contribution in [0.3, 0.4) is 0 Å². The van der Waals surface area contributed by atoms with E-state index in [1.165, 1.54) is 24.3 Å². The number of carbonyl (C=O) groups is 1. The van der Waals surface area contributed by atoms with Crippen LogP contribution in [-0.2, 0) is 0 Å². The lowest BCUT2D eigenvalue weighted by Gasteiger charge is -2.49. The zero-order valence-electron chi connectivity index (χ0n) is 10.9. The molecule has 0 aliphatic carbocycles. The monoisotopic (exact) mass is 264 g/mol. The second-order valence-corrected chi connectivity index (χ2v) is 5.22. The molecular weight excluding hydrogens is 248 g/mol. The SMILES string of the molecule is CC(C)C1(O)CN(C(=O)c2ccc([N+](=O)[O-])cc2)C1. The molecule has 6 heteroatoms. The Balaban J connectivity index is 2.04. The van der Waals surface area contributed by atoms with Gasteiger partial charge in [0.05, 0.1) is 18.0 Å². The van der Waals surface area contributed by atoms with Crippen molar-refractivity contribution in [2.45, 2.75) is 19.4 Å². The molecule has 1 fully saturated rings. The van der Waals surface area contributed by atoms with Gasteiger partial charge in [0.25, 0.3) is 11.6 Å². The highest BCUT2D eigenvalue weighted by Gasteiger charge is 2.45. The Labute approximate surface area is 110 Å². The molecule has 0 unspecified atom stereocenters. The summed E-state index contributed by atoms with van der Waals surface area (Å²) in [5.74, 6) is -0.117. The number of rotatable bonds is 3. The van der Waals surface area contributed by atoms with Crippen LogP contribution >= 0.6 is 0 Å². The second-order valence-electron chi connectivity index (χ2n) is 5.22. The molecule has 1 aliphatic rings. The maximum absolute atomic E-state index is 12.1. The molecule has 1 aliphatic heterocycles. The lowest BCUT2D eigenvalue weighted by atomic mass is 9.82. The molecule has 1 amide bonds. The third-order valence-electron chi connectivity index (χ3n) is 3.62. The summed E-state index contributed by atoms with van der Waals surface area (Å²) in [5, 5.41) is 20.6. The number of amides is 1. The van der Waals surface area contributed by atoms with Crippen LogP contribution in [0.15, 0.2) is 24.3 Å². The minimum atomic E-state index is -0.809. The molecule has 1 aromatic rings. The first-order valence-electron chi connectivity index (χ1n) is 6.09. The first-order valence-corrected chi connectivity index (χ1v) is 6.09. The average Bonchev–Trinajstić information content (AvgIpc) is 2.34. The summed E-state index contributed by atoms with van der Waals surface area (Å²) in [5.41, 5.74) is -0.452. The predicted molar refractivity (Wildman–Crippen MR) is 68.8 cm³/mol. The fraction of sp³-hybridized carbons (Fsp3) is 0.462. The number of nitro benzene ring substituents is 1. The van der Waals surface area contributed by atoms with Crippen molar-refractivity contribution in [3.63, 3.8) is 0 Å². The number of likely N-dealkylation sites (tertiary alicyclic amines) is 1. The van der Waals surface area contributed by atoms with E-state index in [1.807, 2.05) is 13.8 Å². The summed E-state index contributed by atoms with van der Waals surface area (Å²) in [6, 6.07) is 5.49. The molecule has 102 valence electrons. The predicted octanol–water partition coefficient (Wildman–Crippen LogP) is 1.44. The van der Waals surface area contributed by atoms with Gasteiger partial charge in [-0.2, -0.15) is 0 Å². The number of aliphatic hydroxyl groups is 1. The van der Waals surface area contributed by atoms with Gasteiger partial charge in [-0.15, -0.1) is 0 Å². The number of benzene rings is 1. The van der Waals surface area contributed by atoms with E-state index in [0.29, 0.717) is 18.7 Å². The van der Waals surface area contributed by atoms with Crippen LogP contribution in [0.5, 0.6) is 0 Å². The van der Waals surface area contributed by atoms with Crippen molar-refractivity contribution in [1.82, 2.24) is 4.90 Å². The van der Waals surface area contributed by atoms with E-state index in [9.17, 15) is 20.0 Å². The molecule has 0 bridgehead atoms. The van der Waals surface area contributed by atoms with Crippen molar-refractivity contribution in [3.8, 4) is 0 Å². The molecule has 6 nitrogen and oxygen atoms in total. The second kappa shape index (κ2) is 4.62. The Morgan fingerprint density at radius 2 is 1.89 bits per heavy atom. The van der Waals surface area contributed by atoms with Gasteiger partial charge in [0.1, 0.15) is 5.60 Å². The van der Waals surface area contributed by atoms with E-state index in [0.717, 1.165) is 0 Å². The highest BCUT2D eigenvalue weighted by atomic mass is 16.6. The van der Waals surface area contributed by atoms with Crippen LogP contribution < -0.4 is 0 Å². The minimum Gasteiger partial charge on any atom is -0.386 e. The zero-order chi connectivity index (χ0) is 14.2. The van der Waals surface area contributed by atoms with E-state index in [2.05, 4.69) is 0 Å². The molecule has 0 aromatic heterocycles. The maximum atomic E-state index is 12.1. The summed E-state index contributed by atoms with van der Waals surface area (Å²) in [6.45, 7) is 4.43. The topological polar surface area (TPSA) is 83.7 Å². The van der Waals surface area contributed by atoms with Crippen molar-refractivity contribution >= 4 is 11.6 Å². The smallest absolute Gasteiger partial charge is 0.269 e. The Morgan fingerprint density at radius 1 is 1.37 bits per heavy atom. The average molecular weight is 264 g/mol. The van der Waals surface area contributed by atoms with Crippen LogP contribution in [0, 0.1) is 16.0 Å². The fourth-order valence-electron chi connectivity index (χ4n) is 2.03. The number of non-ortho nitro benzene ring substituents is 1. The van der Waals surface area contributed by atoms with Gasteiger partial charge in [0.15, 0.2) is 0 Å². The standard InChI is InChI=1S/C13H16N2O4/c1-9(2)13(17)7-14(8-13)12(16)10-3-5-11(6-4-10)15(18)19/h3-6,9,17H,7-8H2,1-2H3. The first kappa shape index (κ1) is 13.5. The molecule has 19 heavy (non-hydrogen) atoms. The Bertz CT molecular complexity index is 504. The van der Waals surface area contributed by atoms with Gasteiger partial charge in [0, 0.05) is 17.7 Å². The van der Waals surface area contributed by atoms with Crippen LogP contribution in [0.4, 0.5) is 5.69 Å². The molecule has 0 spiro atoms. The van der Waals surface area contributed by atoms with E-state index in [1.54, 1.807) is 4.90 Å².